The molecule has 0 amide bonds. The van der Waals surface area contributed by atoms with Crippen molar-refractivity contribution in [3.63, 3.8) is 0 Å². The zero-order valence-corrected chi connectivity index (χ0v) is 11.3. The van der Waals surface area contributed by atoms with Gasteiger partial charge in [0, 0.05) is 31.4 Å². The van der Waals surface area contributed by atoms with Crippen LogP contribution in [0, 0.1) is 11.3 Å². The van der Waals surface area contributed by atoms with Gasteiger partial charge in [-0.2, -0.15) is 5.26 Å². The van der Waals surface area contributed by atoms with Crippen LogP contribution in [0.1, 0.15) is 55.7 Å². The van der Waals surface area contributed by atoms with Crippen molar-refractivity contribution >= 4 is 0 Å². The van der Waals surface area contributed by atoms with Gasteiger partial charge in [-0.3, -0.25) is 0 Å². The summed E-state index contributed by atoms with van der Waals surface area (Å²) in [5.41, 5.74) is 3.02. The molecule has 0 fully saturated rings. The Hall–Kier alpha value is -1.27. The van der Waals surface area contributed by atoms with Gasteiger partial charge in [0.2, 0.25) is 0 Å². The molecule has 3 heteroatoms. The fourth-order valence-corrected chi connectivity index (χ4v) is 2.84. The molecule has 0 bridgehead atoms. The van der Waals surface area contributed by atoms with Gasteiger partial charge in [0.15, 0.2) is 0 Å². The van der Waals surface area contributed by atoms with E-state index in [1.165, 1.54) is 36.8 Å². The molecule has 0 spiro atoms. The smallest absolute Gasteiger partial charge is 0.0621 e. The van der Waals surface area contributed by atoms with E-state index in [4.69, 9.17) is 5.26 Å². The summed E-state index contributed by atoms with van der Waals surface area (Å²) in [5, 5.41) is 12.0. The number of nitriles is 1. The molecule has 2 rings (SSSR count). The van der Waals surface area contributed by atoms with Gasteiger partial charge < -0.3 is 9.88 Å². The summed E-state index contributed by atoms with van der Waals surface area (Å²) in [6.45, 7) is 1.05. The number of nitrogens with one attached hydrogen (secondary N) is 1. The Bertz CT molecular complexity index is 414. The van der Waals surface area contributed by atoms with Gasteiger partial charge in [0.1, 0.15) is 0 Å². The summed E-state index contributed by atoms with van der Waals surface area (Å²) >= 11 is 0. The number of hydrogen-bond donors (Lipinski definition) is 1. The Morgan fingerprint density at radius 1 is 1.39 bits per heavy atom. The first-order chi connectivity index (χ1) is 8.85. The maximum atomic E-state index is 8.53. The predicted octanol–water partition coefficient (Wildman–Crippen LogP) is 3.17. The summed E-state index contributed by atoms with van der Waals surface area (Å²) in [6.07, 6.45) is 12.5. The molecular weight excluding hydrogens is 222 g/mol. The van der Waals surface area contributed by atoms with Gasteiger partial charge >= 0.3 is 0 Å². The van der Waals surface area contributed by atoms with Crippen LogP contribution in [0.15, 0.2) is 12.4 Å². The molecule has 1 heterocycles. The second kappa shape index (κ2) is 6.61. The maximum Gasteiger partial charge on any atom is 0.0621 e. The normalized spacial score (nSPS) is 19.0. The quantitative estimate of drug-likeness (QED) is 0.639. The van der Waals surface area contributed by atoms with Gasteiger partial charge in [-0.1, -0.05) is 6.42 Å². The Kier molecular flexibility index (Phi) is 4.83. The number of aryl methyl sites for hydroxylation is 2. The molecule has 1 unspecified atom stereocenters. The number of rotatable bonds is 5. The Morgan fingerprint density at radius 2 is 2.28 bits per heavy atom. The second-order valence-electron chi connectivity index (χ2n) is 5.18. The van der Waals surface area contributed by atoms with E-state index in [9.17, 15) is 0 Å². The van der Waals surface area contributed by atoms with E-state index in [0.29, 0.717) is 12.5 Å². The van der Waals surface area contributed by atoms with Crippen LogP contribution in [-0.2, 0) is 13.0 Å². The molecule has 0 aliphatic heterocycles. The van der Waals surface area contributed by atoms with Gasteiger partial charge in [-0.15, -0.1) is 0 Å². The van der Waals surface area contributed by atoms with Crippen LogP contribution in [-0.4, -0.2) is 11.6 Å². The summed E-state index contributed by atoms with van der Waals surface area (Å²) in [7, 11) is 2.06. The van der Waals surface area contributed by atoms with Gasteiger partial charge in [-0.25, -0.2) is 0 Å². The SMILES string of the molecule is CNC1CCCCc2cn(CCCCC#N)cc21. The lowest BCUT2D eigenvalue weighted by molar-refractivity contribution is 0.528. The minimum atomic E-state index is 0.530. The number of nitrogens with zero attached hydrogens (tertiary/aromatic N) is 2. The fraction of sp³-hybridized carbons (Fsp3) is 0.667. The van der Waals surface area contributed by atoms with Crippen molar-refractivity contribution in [1.82, 2.24) is 9.88 Å². The summed E-state index contributed by atoms with van der Waals surface area (Å²) < 4.78 is 2.32. The van der Waals surface area contributed by atoms with Crippen molar-refractivity contribution in [2.24, 2.45) is 0 Å². The van der Waals surface area contributed by atoms with Crippen LogP contribution in [0.5, 0.6) is 0 Å². The van der Waals surface area contributed by atoms with Gasteiger partial charge in [0.05, 0.1) is 6.07 Å². The third-order valence-electron chi connectivity index (χ3n) is 3.87. The molecule has 0 saturated carbocycles. The summed E-state index contributed by atoms with van der Waals surface area (Å²) in [4.78, 5) is 0. The zero-order valence-electron chi connectivity index (χ0n) is 11.3. The third-order valence-corrected chi connectivity index (χ3v) is 3.87. The number of hydrogen-bond acceptors (Lipinski definition) is 2. The molecule has 0 saturated heterocycles. The largest absolute Gasteiger partial charge is 0.354 e. The van der Waals surface area contributed by atoms with Gasteiger partial charge in [0.25, 0.3) is 0 Å². The van der Waals surface area contributed by atoms with E-state index < -0.39 is 0 Å². The van der Waals surface area contributed by atoms with Crippen molar-refractivity contribution in [3.8, 4) is 6.07 Å². The van der Waals surface area contributed by atoms with Crippen LogP contribution < -0.4 is 5.32 Å². The predicted molar refractivity (Wildman–Crippen MR) is 73.3 cm³/mol. The van der Waals surface area contributed by atoms with E-state index >= 15 is 0 Å². The van der Waals surface area contributed by atoms with E-state index in [2.05, 4.69) is 35.4 Å². The van der Waals surface area contributed by atoms with Crippen LogP contribution >= 0.6 is 0 Å². The Morgan fingerprint density at radius 3 is 3.06 bits per heavy atom. The molecule has 1 aromatic rings. The van der Waals surface area contributed by atoms with E-state index in [1.54, 1.807) is 0 Å². The molecule has 3 nitrogen and oxygen atoms in total. The van der Waals surface area contributed by atoms with E-state index in [1.807, 2.05) is 0 Å². The summed E-state index contributed by atoms with van der Waals surface area (Å²) in [6, 6.07) is 2.74. The first kappa shape index (κ1) is 13.2. The first-order valence-electron chi connectivity index (χ1n) is 7.08. The van der Waals surface area contributed by atoms with Crippen LogP contribution in [0.3, 0.4) is 0 Å². The Labute approximate surface area is 110 Å². The van der Waals surface area contributed by atoms with Crippen molar-refractivity contribution in [1.29, 1.82) is 5.26 Å². The topological polar surface area (TPSA) is 40.8 Å². The standard InChI is InChI=1S/C15H23N3/c1-17-15-8-4-3-7-13-11-18(12-14(13)15)10-6-2-5-9-16/h11-12,15,17H,2-8,10H2,1H3. The van der Waals surface area contributed by atoms with Crippen LogP contribution in [0.4, 0.5) is 0 Å². The average Bonchev–Trinajstić information content (AvgIpc) is 2.69. The van der Waals surface area contributed by atoms with Crippen LogP contribution in [0.25, 0.3) is 0 Å². The monoisotopic (exact) mass is 245 g/mol. The highest BCUT2D eigenvalue weighted by Crippen LogP contribution is 2.29. The lowest BCUT2D eigenvalue weighted by Gasteiger charge is -2.13. The molecule has 0 radical (unpaired) electrons. The lowest BCUT2D eigenvalue weighted by Crippen LogP contribution is -2.15. The molecule has 18 heavy (non-hydrogen) atoms. The molecule has 0 aromatic carbocycles. The molecular formula is C15H23N3. The molecule has 1 aliphatic carbocycles. The van der Waals surface area contributed by atoms with Crippen molar-refractivity contribution in [3.05, 3.63) is 23.5 Å². The number of unbranched alkanes of at least 4 members (excludes halogenated alkanes) is 2. The maximum absolute atomic E-state index is 8.53. The summed E-state index contributed by atoms with van der Waals surface area (Å²) in [5.74, 6) is 0. The molecule has 1 aliphatic rings. The molecule has 1 N–H and O–H groups in total. The van der Waals surface area contributed by atoms with Crippen molar-refractivity contribution in [2.45, 2.75) is 57.5 Å². The highest BCUT2D eigenvalue weighted by atomic mass is 15.0. The lowest BCUT2D eigenvalue weighted by atomic mass is 10.1. The minimum absolute atomic E-state index is 0.530. The Balaban J connectivity index is 2.00. The minimum Gasteiger partial charge on any atom is -0.354 e. The zero-order chi connectivity index (χ0) is 12.8. The number of fused-ring (bicyclic) bond motifs is 1. The van der Waals surface area contributed by atoms with E-state index in [-0.39, 0.29) is 0 Å². The molecule has 98 valence electrons. The first-order valence-corrected chi connectivity index (χ1v) is 7.08. The molecule has 1 aromatic heterocycles. The molecule has 1 atom stereocenters. The van der Waals surface area contributed by atoms with Crippen molar-refractivity contribution < 1.29 is 0 Å². The second-order valence-corrected chi connectivity index (χ2v) is 5.18. The van der Waals surface area contributed by atoms with Crippen molar-refractivity contribution in [2.75, 3.05) is 7.05 Å². The number of aromatic nitrogens is 1. The van der Waals surface area contributed by atoms with E-state index in [0.717, 1.165) is 19.4 Å². The average molecular weight is 245 g/mol. The van der Waals surface area contributed by atoms with Crippen LogP contribution in [0.2, 0.25) is 0 Å². The fourth-order valence-electron chi connectivity index (χ4n) is 2.84. The third kappa shape index (κ3) is 3.14. The highest BCUT2D eigenvalue weighted by molar-refractivity contribution is 5.29. The van der Waals surface area contributed by atoms with Gasteiger partial charge in [-0.05, 0) is 50.3 Å². The highest BCUT2D eigenvalue weighted by Gasteiger charge is 2.18.